The molecule has 4 rings (SSSR count). The van der Waals surface area contributed by atoms with E-state index in [9.17, 15) is 4.79 Å². The van der Waals surface area contributed by atoms with Crippen LogP contribution < -0.4 is 10.2 Å². The number of amides is 1. The molecule has 2 aromatic rings. The minimum Gasteiger partial charge on any atom is -0.355 e. The SMILES string of the molecule is Cc1ccc(-c2ccc(N3CCC[C@@H](C(=O)NCCN4CCCCCC4)C3)nn2)cc1. The topological polar surface area (TPSA) is 61.4 Å². The van der Waals surface area contributed by atoms with Crippen LogP contribution in [0.3, 0.4) is 0 Å². The van der Waals surface area contributed by atoms with Crippen LogP contribution in [-0.4, -0.2) is 60.3 Å². The van der Waals surface area contributed by atoms with E-state index < -0.39 is 0 Å². The Bertz CT molecular complexity index is 828. The number of aromatic nitrogens is 2. The molecular weight excluding hydrogens is 386 g/mol. The maximum absolute atomic E-state index is 12.8. The summed E-state index contributed by atoms with van der Waals surface area (Å²) >= 11 is 0. The average molecular weight is 422 g/mol. The second-order valence-corrected chi connectivity index (χ2v) is 8.97. The van der Waals surface area contributed by atoms with Crippen molar-refractivity contribution in [3.8, 4) is 11.3 Å². The number of hydrogen-bond acceptors (Lipinski definition) is 5. The van der Waals surface area contributed by atoms with Gasteiger partial charge in [0, 0.05) is 31.7 Å². The van der Waals surface area contributed by atoms with Crippen LogP contribution in [-0.2, 0) is 4.79 Å². The minimum atomic E-state index is 0.0245. The Balaban J connectivity index is 1.28. The van der Waals surface area contributed by atoms with Crippen LogP contribution in [0.4, 0.5) is 5.82 Å². The fourth-order valence-corrected chi connectivity index (χ4v) is 4.61. The summed E-state index contributed by atoms with van der Waals surface area (Å²) in [5.41, 5.74) is 3.19. The van der Waals surface area contributed by atoms with Crippen LogP contribution >= 0.6 is 0 Å². The molecule has 2 fully saturated rings. The van der Waals surface area contributed by atoms with Crippen molar-refractivity contribution in [3.05, 3.63) is 42.0 Å². The smallest absolute Gasteiger partial charge is 0.224 e. The highest BCUT2D eigenvalue weighted by molar-refractivity contribution is 5.79. The Morgan fingerprint density at radius 2 is 1.74 bits per heavy atom. The summed E-state index contributed by atoms with van der Waals surface area (Å²) in [7, 11) is 0. The molecule has 0 unspecified atom stereocenters. The highest BCUT2D eigenvalue weighted by atomic mass is 16.1. The van der Waals surface area contributed by atoms with Gasteiger partial charge in [0.15, 0.2) is 5.82 Å². The second-order valence-electron chi connectivity index (χ2n) is 8.97. The first kappa shape index (κ1) is 21.8. The summed E-state index contributed by atoms with van der Waals surface area (Å²) in [6.07, 6.45) is 7.21. The molecule has 1 N–H and O–H groups in total. The quantitative estimate of drug-likeness (QED) is 0.771. The van der Waals surface area contributed by atoms with Gasteiger partial charge in [0.2, 0.25) is 5.91 Å². The second kappa shape index (κ2) is 10.7. The molecule has 2 saturated heterocycles. The molecule has 1 aromatic heterocycles. The lowest BCUT2D eigenvalue weighted by Crippen LogP contribution is -2.45. The number of carbonyl (C=O) groups excluding carboxylic acids is 1. The number of nitrogens with one attached hydrogen (secondary N) is 1. The number of anilines is 1. The van der Waals surface area contributed by atoms with E-state index in [1.165, 1.54) is 44.3 Å². The molecule has 0 spiro atoms. The lowest BCUT2D eigenvalue weighted by atomic mass is 9.97. The van der Waals surface area contributed by atoms with Gasteiger partial charge in [-0.3, -0.25) is 4.79 Å². The summed E-state index contributed by atoms with van der Waals surface area (Å²) in [5, 5.41) is 12.1. The molecule has 2 aliphatic heterocycles. The number of aryl methyl sites for hydroxylation is 1. The van der Waals surface area contributed by atoms with Crippen LogP contribution in [0.1, 0.15) is 44.1 Å². The molecule has 2 aliphatic rings. The van der Waals surface area contributed by atoms with E-state index in [-0.39, 0.29) is 11.8 Å². The van der Waals surface area contributed by atoms with Crippen molar-refractivity contribution in [2.75, 3.05) is 44.2 Å². The third kappa shape index (κ3) is 6.03. The molecule has 6 nitrogen and oxygen atoms in total. The Kier molecular flexibility index (Phi) is 7.52. The lowest BCUT2D eigenvalue weighted by molar-refractivity contribution is -0.125. The van der Waals surface area contributed by atoms with Gasteiger partial charge in [0.1, 0.15) is 0 Å². The van der Waals surface area contributed by atoms with Crippen molar-refractivity contribution in [3.63, 3.8) is 0 Å². The Morgan fingerprint density at radius 3 is 2.45 bits per heavy atom. The van der Waals surface area contributed by atoms with Crippen LogP contribution in [0.2, 0.25) is 0 Å². The maximum atomic E-state index is 12.8. The molecular formula is C25H35N5O. The van der Waals surface area contributed by atoms with Gasteiger partial charge in [-0.05, 0) is 57.8 Å². The van der Waals surface area contributed by atoms with E-state index in [1.54, 1.807) is 0 Å². The van der Waals surface area contributed by atoms with Crippen molar-refractivity contribution >= 4 is 11.7 Å². The summed E-state index contributed by atoms with van der Waals surface area (Å²) in [5.74, 6) is 1.07. The van der Waals surface area contributed by atoms with Crippen LogP contribution in [0, 0.1) is 12.8 Å². The monoisotopic (exact) mass is 421 g/mol. The van der Waals surface area contributed by atoms with Crippen molar-refractivity contribution in [1.29, 1.82) is 0 Å². The van der Waals surface area contributed by atoms with Crippen LogP contribution in [0.15, 0.2) is 36.4 Å². The number of piperidine rings is 1. The number of carbonyl (C=O) groups is 1. The molecule has 31 heavy (non-hydrogen) atoms. The van der Waals surface area contributed by atoms with Crippen LogP contribution in [0.5, 0.6) is 0 Å². The maximum Gasteiger partial charge on any atom is 0.224 e. The molecule has 1 amide bonds. The fraction of sp³-hybridized carbons (Fsp3) is 0.560. The first-order valence-corrected chi connectivity index (χ1v) is 11.8. The van der Waals surface area contributed by atoms with Crippen LogP contribution in [0.25, 0.3) is 11.3 Å². The summed E-state index contributed by atoms with van der Waals surface area (Å²) in [6, 6.07) is 12.4. The molecule has 0 aliphatic carbocycles. The Labute approximate surface area is 186 Å². The fourth-order valence-electron chi connectivity index (χ4n) is 4.61. The number of rotatable bonds is 6. The predicted octanol–water partition coefficient (Wildman–Crippen LogP) is 3.66. The molecule has 0 radical (unpaired) electrons. The van der Waals surface area contributed by atoms with Gasteiger partial charge in [0.05, 0.1) is 11.6 Å². The molecule has 1 atom stereocenters. The third-order valence-corrected chi connectivity index (χ3v) is 6.54. The standard InChI is InChI=1S/C25H35N5O/c1-20-8-10-21(11-9-20)23-12-13-24(28-27-23)30-17-6-7-22(19-30)25(31)26-14-18-29-15-4-2-3-5-16-29/h8-13,22H,2-7,14-19H2,1H3,(H,26,31)/t22-/m1/s1. The largest absolute Gasteiger partial charge is 0.355 e. The van der Waals surface area contributed by atoms with Gasteiger partial charge in [0.25, 0.3) is 0 Å². The van der Waals surface area contributed by atoms with Gasteiger partial charge < -0.3 is 15.1 Å². The van der Waals surface area contributed by atoms with E-state index in [2.05, 4.69) is 56.5 Å². The summed E-state index contributed by atoms with van der Waals surface area (Å²) in [6.45, 7) is 7.78. The van der Waals surface area contributed by atoms with E-state index in [0.717, 1.165) is 49.6 Å². The van der Waals surface area contributed by atoms with Crippen molar-refractivity contribution in [2.45, 2.75) is 45.4 Å². The first-order valence-electron chi connectivity index (χ1n) is 11.8. The van der Waals surface area contributed by atoms with E-state index >= 15 is 0 Å². The van der Waals surface area contributed by atoms with Gasteiger partial charge >= 0.3 is 0 Å². The lowest BCUT2D eigenvalue weighted by Gasteiger charge is -2.32. The summed E-state index contributed by atoms with van der Waals surface area (Å²) in [4.78, 5) is 17.5. The first-order chi connectivity index (χ1) is 15.2. The predicted molar refractivity (Wildman–Crippen MR) is 125 cm³/mol. The highest BCUT2D eigenvalue weighted by Crippen LogP contribution is 2.23. The number of benzene rings is 1. The van der Waals surface area contributed by atoms with E-state index in [0.29, 0.717) is 6.54 Å². The molecule has 0 saturated carbocycles. The normalized spacial score (nSPS) is 20.3. The third-order valence-electron chi connectivity index (χ3n) is 6.54. The zero-order valence-corrected chi connectivity index (χ0v) is 18.7. The molecule has 3 heterocycles. The number of nitrogens with zero attached hydrogens (tertiary/aromatic N) is 4. The number of hydrogen-bond donors (Lipinski definition) is 1. The minimum absolute atomic E-state index is 0.0245. The van der Waals surface area contributed by atoms with Gasteiger partial charge in [-0.25, -0.2) is 0 Å². The Morgan fingerprint density at radius 1 is 0.968 bits per heavy atom. The van der Waals surface area contributed by atoms with Crippen molar-refractivity contribution < 1.29 is 4.79 Å². The number of likely N-dealkylation sites (tertiary alicyclic amines) is 1. The summed E-state index contributed by atoms with van der Waals surface area (Å²) < 4.78 is 0. The molecule has 166 valence electrons. The average Bonchev–Trinajstić information content (AvgIpc) is 3.09. The molecule has 0 bridgehead atoms. The molecule has 1 aromatic carbocycles. The van der Waals surface area contributed by atoms with E-state index in [4.69, 9.17) is 0 Å². The Hall–Kier alpha value is -2.47. The highest BCUT2D eigenvalue weighted by Gasteiger charge is 2.26. The van der Waals surface area contributed by atoms with Crippen molar-refractivity contribution in [2.24, 2.45) is 5.92 Å². The molecule has 6 heteroatoms. The zero-order chi connectivity index (χ0) is 21.5. The van der Waals surface area contributed by atoms with E-state index in [1.807, 2.05) is 12.1 Å². The van der Waals surface area contributed by atoms with Gasteiger partial charge in [-0.1, -0.05) is 42.7 Å². The zero-order valence-electron chi connectivity index (χ0n) is 18.7. The van der Waals surface area contributed by atoms with Gasteiger partial charge in [-0.2, -0.15) is 0 Å². The van der Waals surface area contributed by atoms with Gasteiger partial charge in [-0.15, -0.1) is 10.2 Å². The van der Waals surface area contributed by atoms with Crippen molar-refractivity contribution in [1.82, 2.24) is 20.4 Å².